The number of fused-ring (bicyclic) bond motifs is 1. The summed E-state index contributed by atoms with van der Waals surface area (Å²) < 4.78 is 5.62. The van der Waals surface area contributed by atoms with E-state index in [1.807, 2.05) is 36.5 Å². The van der Waals surface area contributed by atoms with Crippen LogP contribution < -0.4 is 15.1 Å². The van der Waals surface area contributed by atoms with E-state index in [0.29, 0.717) is 5.92 Å². The molecule has 1 heterocycles. The molecular weight excluding hydrogens is 310 g/mol. The number of anilines is 2. The van der Waals surface area contributed by atoms with Gasteiger partial charge in [0.25, 0.3) is 0 Å². The molecule has 1 unspecified atom stereocenters. The molecule has 0 saturated carbocycles. The molecule has 0 spiro atoms. The molecule has 0 aromatic heterocycles. The van der Waals surface area contributed by atoms with Gasteiger partial charge in [-0.15, -0.1) is 0 Å². The van der Waals surface area contributed by atoms with Gasteiger partial charge >= 0.3 is 0 Å². The molecule has 0 radical (unpaired) electrons. The molecule has 4 nitrogen and oxygen atoms in total. The fourth-order valence-corrected chi connectivity index (χ4v) is 3.58. The van der Waals surface area contributed by atoms with Gasteiger partial charge in [0.05, 0.1) is 19.0 Å². The van der Waals surface area contributed by atoms with E-state index in [0.717, 1.165) is 23.4 Å². The van der Waals surface area contributed by atoms with E-state index >= 15 is 0 Å². The first kappa shape index (κ1) is 17.3. The topological polar surface area (TPSA) is 36.9 Å². The number of hydrogen-bond acceptors (Lipinski definition) is 4. The fraction of sp³-hybridized carbons (Fsp3) is 0.381. The number of hydrazone groups is 1. The molecule has 0 aliphatic carbocycles. The zero-order chi connectivity index (χ0) is 18.0. The van der Waals surface area contributed by atoms with Crippen LogP contribution >= 0.6 is 0 Å². The van der Waals surface area contributed by atoms with E-state index in [4.69, 9.17) is 4.74 Å². The van der Waals surface area contributed by atoms with Gasteiger partial charge in [-0.05, 0) is 49.9 Å². The second-order valence-corrected chi connectivity index (χ2v) is 7.37. The maximum absolute atomic E-state index is 5.62. The fourth-order valence-electron chi connectivity index (χ4n) is 3.58. The van der Waals surface area contributed by atoms with Crippen LogP contribution in [-0.2, 0) is 0 Å². The maximum Gasteiger partial charge on any atom is 0.129 e. The molecular formula is C21H27N3O. The van der Waals surface area contributed by atoms with Gasteiger partial charge in [-0.3, -0.25) is 5.43 Å². The van der Waals surface area contributed by atoms with Crippen molar-refractivity contribution >= 4 is 17.6 Å². The van der Waals surface area contributed by atoms with Crippen LogP contribution in [0.4, 0.5) is 11.4 Å². The molecule has 2 aromatic carbocycles. The average Bonchev–Trinajstić information content (AvgIpc) is 2.60. The highest BCUT2D eigenvalue weighted by Gasteiger charge is 2.34. The molecule has 25 heavy (non-hydrogen) atoms. The third-order valence-corrected chi connectivity index (χ3v) is 5.16. The summed E-state index contributed by atoms with van der Waals surface area (Å²) in [6, 6.07) is 14.3. The Labute approximate surface area is 150 Å². The van der Waals surface area contributed by atoms with Crippen LogP contribution in [0.5, 0.6) is 5.75 Å². The second-order valence-electron chi connectivity index (χ2n) is 7.37. The first-order valence-corrected chi connectivity index (χ1v) is 8.72. The van der Waals surface area contributed by atoms with Crippen LogP contribution in [0, 0.1) is 0 Å². The Morgan fingerprint density at radius 3 is 2.64 bits per heavy atom. The van der Waals surface area contributed by atoms with Crippen molar-refractivity contribution in [2.24, 2.45) is 5.10 Å². The highest BCUT2D eigenvalue weighted by molar-refractivity contribution is 5.86. The lowest BCUT2D eigenvalue weighted by Gasteiger charge is -2.45. The Balaban J connectivity index is 1.92. The summed E-state index contributed by atoms with van der Waals surface area (Å²) in [7, 11) is 3.87. The van der Waals surface area contributed by atoms with E-state index in [2.05, 4.69) is 55.4 Å². The smallest absolute Gasteiger partial charge is 0.129 e. The van der Waals surface area contributed by atoms with E-state index in [1.165, 1.54) is 11.3 Å². The average molecular weight is 337 g/mol. The minimum atomic E-state index is 0.141. The second kappa shape index (κ2) is 6.79. The highest BCUT2D eigenvalue weighted by Crippen LogP contribution is 2.44. The maximum atomic E-state index is 5.62. The summed E-state index contributed by atoms with van der Waals surface area (Å²) in [4.78, 5) is 2.36. The van der Waals surface area contributed by atoms with Gasteiger partial charge in [0.15, 0.2) is 0 Å². The normalized spacial score (nSPS) is 18.9. The number of rotatable bonds is 4. The van der Waals surface area contributed by atoms with Crippen molar-refractivity contribution in [1.82, 2.24) is 0 Å². The molecule has 0 amide bonds. The molecule has 4 heteroatoms. The summed E-state index contributed by atoms with van der Waals surface area (Å²) >= 11 is 0. The number of nitrogens with zero attached hydrogens (tertiary/aromatic N) is 2. The zero-order valence-electron chi connectivity index (χ0n) is 15.7. The number of para-hydroxylation sites is 1. The number of benzene rings is 2. The van der Waals surface area contributed by atoms with Gasteiger partial charge in [-0.1, -0.05) is 25.1 Å². The Morgan fingerprint density at radius 1 is 1.24 bits per heavy atom. The van der Waals surface area contributed by atoms with E-state index in [9.17, 15) is 0 Å². The van der Waals surface area contributed by atoms with Crippen molar-refractivity contribution in [3.05, 3.63) is 53.6 Å². The number of ether oxygens (including phenoxy) is 1. The number of nitrogens with one attached hydrogen (secondary N) is 1. The molecule has 2 aromatic rings. The SMILES string of the molecule is COc1cc2c(cc1/C=N\Nc1ccccc1)C(C)CC(C)(C)N2C. The first-order valence-electron chi connectivity index (χ1n) is 8.72. The Morgan fingerprint density at radius 2 is 1.96 bits per heavy atom. The molecule has 0 saturated heterocycles. The van der Waals surface area contributed by atoms with Crippen molar-refractivity contribution in [3.63, 3.8) is 0 Å². The van der Waals surface area contributed by atoms with Gasteiger partial charge in [-0.2, -0.15) is 5.10 Å². The summed E-state index contributed by atoms with van der Waals surface area (Å²) in [5.41, 5.74) is 7.75. The van der Waals surface area contributed by atoms with Crippen molar-refractivity contribution in [2.45, 2.75) is 38.6 Å². The summed E-state index contributed by atoms with van der Waals surface area (Å²) in [5, 5.41) is 4.37. The molecule has 1 aliphatic rings. The lowest BCUT2D eigenvalue weighted by atomic mass is 9.80. The van der Waals surface area contributed by atoms with Gasteiger partial charge in [0.1, 0.15) is 5.75 Å². The molecule has 0 fully saturated rings. The molecule has 132 valence electrons. The minimum Gasteiger partial charge on any atom is -0.496 e. The number of methoxy groups -OCH3 is 1. The molecule has 1 N–H and O–H groups in total. The van der Waals surface area contributed by atoms with Crippen LogP contribution in [0.15, 0.2) is 47.6 Å². The lowest BCUT2D eigenvalue weighted by Crippen LogP contribution is -2.45. The molecule has 0 bridgehead atoms. The predicted molar refractivity (Wildman–Crippen MR) is 106 cm³/mol. The van der Waals surface area contributed by atoms with Crippen LogP contribution in [0.1, 0.15) is 44.2 Å². The van der Waals surface area contributed by atoms with E-state index in [-0.39, 0.29) is 5.54 Å². The Bertz CT molecular complexity index is 768. The molecule has 3 rings (SSSR count). The van der Waals surface area contributed by atoms with Crippen LogP contribution in [0.2, 0.25) is 0 Å². The van der Waals surface area contributed by atoms with Gasteiger partial charge in [0.2, 0.25) is 0 Å². The van der Waals surface area contributed by atoms with Crippen molar-refractivity contribution in [3.8, 4) is 5.75 Å². The summed E-state index contributed by atoms with van der Waals surface area (Å²) in [6.45, 7) is 6.87. The third kappa shape index (κ3) is 3.48. The van der Waals surface area contributed by atoms with Gasteiger partial charge in [-0.25, -0.2) is 0 Å². The highest BCUT2D eigenvalue weighted by atomic mass is 16.5. The van der Waals surface area contributed by atoms with Crippen molar-refractivity contribution in [2.75, 3.05) is 24.5 Å². The summed E-state index contributed by atoms with van der Waals surface area (Å²) in [6.07, 6.45) is 2.96. The van der Waals surface area contributed by atoms with Crippen LogP contribution in [0.3, 0.4) is 0 Å². The third-order valence-electron chi connectivity index (χ3n) is 5.16. The van der Waals surface area contributed by atoms with Crippen molar-refractivity contribution < 1.29 is 4.74 Å². The Kier molecular flexibility index (Phi) is 4.71. The minimum absolute atomic E-state index is 0.141. The van der Waals surface area contributed by atoms with Crippen LogP contribution in [-0.4, -0.2) is 25.9 Å². The van der Waals surface area contributed by atoms with E-state index in [1.54, 1.807) is 7.11 Å². The zero-order valence-corrected chi connectivity index (χ0v) is 15.7. The number of hydrogen-bond donors (Lipinski definition) is 1. The predicted octanol–water partition coefficient (Wildman–Crippen LogP) is 4.86. The monoisotopic (exact) mass is 337 g/mol. The standard InChI is InChI=1S/C21H27N3O/c1-15-13-21(2,3)24(4)19-12-20(25-5)16(11-18(15)19)14-22-23-17-9-7-6-8-10-17/h6-12,14-15,23H,13H2,1-5H3/b22-14-. The van der Waals surface area contributed by atoms with Crippen LogP contribution in [0.25, 0.3) is 0 Å². The van der Waals surface area contributed by atoms with Gasteiger partial charge < -0.3 is 9.64 Å². The van der Waals surface area contributed by atoms with Crippen molar-refractivity contribution in [1.29, 1.82) is 0 Å². The Hall–Kier alpha value is -2.49. The summed E-state index contributed by atoms with van der Waals surface area (Å²) in [5.74, 6) is 1.34. The largest absolute Gasteiger partial charge is 0.496 e. The van der Waals surface area contributed by atoms with E-state index < -0.39 is 0 Å². The first-order chi connectivity index (χ1) is 11.9. The quantitative estimate of drug-likeness (QED) is 0.639. The van der Waals surface area contributed by atoms with Gasteiger partial charge in [0, 0.05) is 29.9 Å². The molecule has 1 atom stereocenters. The lowest BCUT2D eigenvalue weighted by molar-refractivity contribution is 0.389. The molecule has 1 aliphatic heterocycles.